The Morgan fingerprint density at radius 1 is 1.03 bits per heavy atom. The average molecular weight is 491 g/mol. The number of para-hydroxylation sites is 3. The summed E-state index contributed by atoms with van der Waals surface area (Å²) in [5.41, 5.74) is 2.32. The Balaban J connectivity index is 1.50. The first-order valence-corrected chi connectivity index (χ1v) is 11.9. The molecule has 0 aliphatic rings. The molecule has 1 aromatic heterocycles. The number of ether oxygens (including phenoxy) is 3. The van der Waals surface area contributed by atoms with Crippen molar-refractivity contribution in [3.63, 3.8) is 0 Å². The molecule has 0 amide bonds. The lowest BCUT2D eigenvalue weighted by atomic mass is 10.1. The van der Waals surface area contributed by atoms with Gasteiger partial charge in [0.15, 0.2) is 11.7 Å². The van der Waals surface area contributed by atoms with E-state index in [9.17, 15) is 9.90 Å². The van der Waals surface area contributed by atoms with Gasteiger partial charge >= 0.3 is 5.97 Å². The number of nitrogens with zero attached hydrogens (tertiary/aromatic N) is 2. The lowest BCUT2D eigenvalue weighted by molar-refractivity contribution is -0.145. The highest BCUT2D eigenvalue weighted by Crippen LogP contribution is 2.27. The number of carboxylic acids is 1. The van der Waals surface area contributed by atoms with Crippen molar-refractivity contribution in [2.75, 3.05) is 25.2 Å². The van der Waals surface area contributed by atoms with Gasteiger partial charge < -0.3 is 28.6 Å². The number of carbonyl (C=O) groups is 1. The molecule has 3 aromatic carbocycles. The molecule has 0 aliphatic heterocycles. The Morgan fingerprint density at radius 3 is 2.47 bits per heavy atom. The molecule has 1 heterocycles. The van der Waals surface area contributed by atoms with E-state index in [1.54, 1.807) is 20.1 Å². The Labute approximate surface area is 210 Å². The van der Waals surface area contributed by atoms with E-state index in [4.69, 9.17) is 18.6 Å². The van der Waals surface area contributed by atoms with Crippen molar-refractivity contribution < 1.29 is 28.5 Å². The third-order valence-electron chi connectivity index (χ3n) is 5.70. The third kappa shape index (κ3) is 6.27. The number of carboxylic acid groups (broad SMARTS) is 1. The molecule has 1 atom stereocenters. The molecule has 0 saturated carbocycles. The van der Waals surface area contributed by atoms with Crippen molar-refractivity contribution >= 4 is 23.1 Å². The molecule has 4 aromatic rings. The van der Waals surface area contributed by atoms with E-state index in [-0.39, 0.29) is 0 Å². The van der Waals surface area contributed by atoms with Crippen LogP contribution in [0.3, 0.4) is 0 Å². The second kappa shape index (κ2) is 12.0. The zero-order valence-electron chi connectivity index (χ0n) is 20.4. The van der Waals surface area contributed by atoms with E-state index in [0.29, 0.717) is 49.9 Å². The molecule has 0 spiro atoms. The number of anilines is 1. The van der Waals surface area contributed by atoms with Gasteiger partial charge in [0.25, 0.3) is 6.01 Å². The summed E-state index contributed by atoms with van der Waals surface area (Å²) in [6.07, 6.45) is 0.156. The molecule has 1 N–H and O–H groups in total. The smallest absolute Gasteiger partial charge is 0.344 e. The van der Waals surface area contributed by atoms with Crippen molar-refractivity contribution in [3.8, 4) is 17.2 Å². The fourth-order valence-corrected chi connectivity index (χ4v) is 3.77. The highest BCUT2D eigenvalue weighted by Gasteiger charge is 2.21. The highest BCUT2D eigenvalue weighted by molar-refractivity contribution is 5.74. The molecule has 8 heteroatoms. The minimum Gasteiger partial charge on any atom is -0.497 e. The van der Waals surface area contributed by atoms with E-state index in [0.717, 1.165) is 22.6 Å². The van der Waals surface area contributed by atoms with Crippen LogP contribution in [-0.4, -0.2) is 42.4 Å². The number of hydrogen-bond donors (Lipinski definition) is 1. The molecule has 4 rings (SSSR count). The van der Waals surface area contributed by atoms with Crippen LogP contribution in [0.25, 0.3) is 11.1 Å². The van der Waals surface area contributed by atoms with Gasteiger partial charge in [0.05, 0.1) is 20.3 Å². The first-order valence-electron chi connectivity index (χ1n) is 11.9. The molecular formula is C28H30N2O6. The fourth-order valence-electron chi connectivity index (χ4n) is 3.77. The summed E-state index contributed by atoms with van der Waals surface area (Å²) in [5.74, 6) is 1.09. The number of methoxy groups -OCH3 is 1. The number of benzene rings is 3. The normalized spacial score (nSPS) is 11.7. The van der Waals surface area contributed by atoms with Gasteiger partial charge in [-0.25, -0.2) is 4.79 Å². The van der Waals surface area contributed by atoms with Crippen LogP contribution in [0.15, 0.2) is 77.2 Å². The number of aromatic nitrogens is 1. The molecule has 0 aliphatic carbocycles. The topological polar surface area (TPSA) is 94.3 Å². The molecule has 8 nitrogen and oxygen atoms in total. The molecule has 36 heavy (non-hydrogen) atoms. The Hall–Kier alpha value is -4.20. The van der Waals surface area contributed by atoms with Crippen LogP contribution >= 0.6 is 0 Å². The first kappa shape index (κ1) is 24.9. The predicted molar refractivity (Wildman–Crippen MR) is 137 cm³/mol. The molecule has 0 saturated heterocycles. The van der Waals surface area contributed by atoms with Crippen molar-refractivity contribution in [2.45, 2.75) is 32.4 Å². The number of oxazole rings is 1. The minimum absolute atomic E-state index is 0.362. The van der Waals surface area contributed by atoms with Crippen molar-refractivity contribution in [2.24, 2.45) is 0 Å². The summed E-state index contributed by atoms with van der Waals surface area (Å²) in [7, 11) is 1.63. The Morgan fingerprint density at radius 2 is 1.75 bits per heavy atom. The van der Waals surface area contributed by atoms with Crippen LogP contribution in [-0.2, 0) is 11.3 Å². The quantitative estimate of drug-likeness (QED) is 0.244. The zero-order chi connectivity index (χ0) is 25.3. The minimum atomic E-state index is -0.987. The lowest BCUT2D eigenvalue weighted by Gasteiger charge is -2.23. The maximum absolute atomic E-state index is 11.5. The Kier molecular flexibility index (Phi) is 8.28. The first-order chi connectivity index (χ1) is 17.6. The molecule has 0 bridgehead atoms. The monoisotopic (exact) mass is 490 g/mol. The standard InChI is InChI=1S/C28H30N2O6/c1-3-24(27(31)32)35-25-11-6-4-9-20(25)19-30(28-29-23-10-5-7-12-26(23)36-28)17-8-18-34-22-15-13-21(33-2)14-16-22/h4-7,9-16,24H,3,8,17-19H2,1-2H3,(H,31,32)/t24-/m1/s1. The summed E-state index contributed by atoms with van der Waals surface area (Å²) < 4.78 is 23.0. The molecule has 0 fully saturated rings. The number of fused-ring (bicyclic) bond motifs is 1. The second-order valence-corrected chi connectivity index (χ2v) is 8.22. The largest absolute Gasteiger partial charge is 0.497 e. The van der Waals surface area contributed by atoms with E-state index in [2.05, 4.69) is 4.98 Å². The van der Waals surface area contributed by atoms with Gasteiger partial charge in [-0.05, 0) is 55.3 Å². The second-order valence-electron chi connectivity index (χ2n) is 8.22. The van der Waals surface area contributed by atoms with E-state index in [1.807, 2.05) is 71.6 Å². The zero-order valence-corrected chi connectivity index (χ0v) is 20.4. The summed E-state index contributed by atoms with van der Waals surface area (Å²) in [5, 5.41) is 9.45. The fraction of sp³-hybridized carbons (Fsp3) is 0.286. The Bertz CT molecular complexity index is 1240. The summed E-state index contributed by atoms with van der Waals surface area (Å²) in [6.45, 7) is 3.32. The summed E-state index contributed by atoms with van der Waals surface area (Å²) in [6, 6.07) is 23.0. The maximum Gasteiger partial charge on any atom is 0.344 e. The van der Waals surface area contributed by atoms with Crippen molar-refractivity contribution in [1.29, 1.82) is 0 Å². The van der Waals surface area contributed by atoms with Crippen LogP contribution in [0.5, 0.6) is 17.2 Å². The van der Waals surface area contributed by atoms with Gasteiger partial charge in [-0.1, -0.05) is 37.3 Å². The van der Waals surface area contributed by atoms with Crippen LogP contribution in [0.2, 0.25) is 0 Å². The van der Waals surface area contributed by atoms with Crippen LogP contribution in [0.4, 0.5) is 6.01 Å². The van der Waals surface area contributed by atoms with Gasteiger partial charge in [0, 0.05) is 12.1 Å². The number of hydrogen-bond acceptors (Lipinski definition) is 7. The van der Waals surface area contributed by atoms with Gasteiger partial charge in [-0.15, -0.1) is 0 Å². The molecule has 0 unspecified atom stereocenters. The summed E-state index contributed by atoms with van der Waals surface area (Å²) >= 11 is 0. The average Bonchev–Trinajstić information content (AvgIpc) is 3.34. The number of aliphatic carboxylic acids is 1. The molecule has 188 valence electrons. The van der Waals surface area contributed by atoms with E-state index < -0.39 is 12.1 Å². The van der Waals surface area contributed by atoms with Gasteiger partial charge in [0.2, 0.25) is 0 Å². The van der Waals surface area contributed by atoms with Gasteiger partial charge in [-0.2, -0.15) is 4.98 Å². The molecule has 0 radical (unpaired) electrons. The van der Waals surface area contributed by atoms with Crippen molar-refractivity contribution in [1.82, 2.24) is 4.98 Å². The van der Waals surface area contributed by atoms with Crippen LogP contribution < -0.4 is 19.1 Å². The lowest BCUT2D eigenvalue weighted by Crippen LogP contribution is -2.28. The van der Waals surface area contributed by atoms with Gasteiger partial charge in [-0.3, -0.25) is 0 Å². The highest BCUT2D eigenvalue weighted by atomic mass is 16.5. The van der Waals surface area contributed by atoms with E-state index in [1.165, 1.54) is 0 Å². The van der Waals surface area contributed by atoms with Gasteiger partial charge in [0.1, 0.15) is 22.8 Å². The SMILES string of the molecule is CC[C@@H](Oc1ccccc1CN(CCCOc1ccc(OC)cc1)c1nc2ccccc2o1)C(=O)O. The van der Waals surface area contributed by atoms with Crippen LogP contribution in [0.1, 0.15) is 25.3 Å². The third-order valence-corrected chi connectivity index (χ3v) is 5.70. The van der Waals surface area contributed by atoms with E-state index >= 15 is 0 Å². The van der Waals surface area contributed by atoms with Crippen LogP contribution in [0, 0.1) is 0 Å². The summed E-state index contributed by atoms with van der Waals surface area (Å²) in [4.78, 5) is 18.2. The molecular weight excluding hydrogens is 460 g/mol. The predicted octanol–water partition coefficient (Wildman–Crippen LogP) is 5.55. The number of rotatable bonds is 13. The van der Waals surface area contributed by atoms with Crippen molar-refractivity contribution in [3.05, 3.63) is 78.4 Å². The maximum atomic E-state index is 11.5.